The number of aliphatic carboxylic acids is 1. The Bertz CT molecular complexity index is 102. The summed E-state index contributed by atoms with van der Waals surface area (Å²) in [5.41, 5.74) is 10.5. The van der Waals surface area contributed by atoms with Crippen molar-refractivity contribution in [2.24, 2.45) is 11.5 Å². The third-order valence-corrected chi connectivity index (χ3v) is 0.974. The van der Waals surface area contributed by atoms with E-state index in [1.54, 1.807) is 0 Å². The van der Waals surface area contributed by atoms with Crippen LogP contribution in [0.3, 0.4) is 0 Å². The molecule has 0 spiro atoms. The summed E-state index contributed by atoms with van der Waals surface area (Å²) in [6.45, 7) is 0.453. The van der Waals surface area contributed by atoms with Crippen molar-refractivity contribution < 1.29 is 27.0 Å². The van der Waals surface area contributed by atoms with E-state index in [1.807, 2.05) is 0 Å². The number of carboxylic acid groups (broad SMARTS) is 1. The Morgan fingerprint density at radius 1 is 1.55 bits per heavy atom. The minimum Gasteiger partial charge on any atom is -0.481 e. The fraction of sp³-hybridized carbons (Fsp3) is 0.800. The number of carbonyl (C=O) groups is 1. The van der Waals surface area contributed by atoms with Gasteiger partial charge in [0.25, 0.3) is 0 Å². The van der Waals surface area contributed by atoms with Crippen molar-refractivity contribution in [2.75, 3.05) is 6.54 Å². The van der Waals surface area contributed by atoms with Gasteiger partial charge in [0.2, 0.25) is 0 Å². The molecule has 0 aromatic heterocycles. The van der Waals surface area contributed by atoms with Crippen LogP contribution in [0.1, 0.15) is 12.8 Å². The van der Waals surface area contributed by atoms with Crippen molar-refractivity contribution in [1.82, 2.24) is 6.15 Å². The van der Waals surface area contributed by atoms with Gasteiger partial charge in [0.15, 0.2) is 0 Å². The standard InChI is InChI=1S/C5H12N2O2.Fe.H3N/c6-2-1-4(7)3-5(8)9;;/h4H,1-3,6-7H2,(H,8,9);;1H3. The smallest absolute Gasteiger partial charge is 0.304 e. The first-order valence-corrected chi connectivity index (χ1v) is 2.84. The molecule has 0 saturated heterocycles. The van der Waals surface area contributed by atoms with E-state index >= 15 is 0 Å². The van der Waals surface area contributed by atoms with Crippen LogP contribution in [0.5, 0.6) is 0 Å². The van der Waals surface area contributed by atoms with Gasteiger partial charge in [-0.1, -0.05) is 0 Å². The Morgan fingerprint density at radius 3 is 2.27 bits per heavy atom. The van der Waals surface area contributed by atoms with Gasteiger partial charge >= 0.3 is 5.97 Å². The SMILES string of the molecule is N.NCCC(N)CC(=O)O.[Fe]. The maximum atomic E-state index is 9.96. The Balaban J connectivity index is -0.000000320. The number of hydrogen-bond acceptors (Lipinski definition) is 4. The molecular weight excluding hydrogens is 190 g/mol. The van der Waals surface area contributed by atoms with E-state index in [0.29, 0.717) is 13.0 Å². The zero-order valence-electron chi connectivity index (χ0n) is 6.27. The second kappa shape index (κ2) is 9.87. The predicted octanol–water partition coefficient (Wildman–Crippen LogP) is -0.703. The molecule has 6 heteroatoms. The van der Waals surface area contributed by atoms with E-state index in [1.165, 1.54) is 0 Å². The van der Waals surface area contributed by atoms with Gasteiger partial charge in [-0.15, -0.1) is 0 Å². The Kier molecular flexibility index (Phi) is 15.3. The third-order valence-electron chi connectivity index (χ3n) is 0.974. The molecule has 0 amide bonds. The molecule has 1 atom stereocenters. The van der Waals surface area contributed by atoms with Gasteiger partial charge in [0.05, 0.1) is 6.42 Å². The number of nitrogens with two attached hydrogens (primary N) is 2. The van der Waals surface area contributed by atoms with E-state index in [2.05, 4.69) is 0 Å². The van der Waals surface area contributed by atoms with E-state index in [0.717, 1.165) is 0 Å². The summed E-state index contributed by atoms with van der Waals surface area (Å²) in [5, 5.41) is 8.19. The average Bonchev–Trinajstić information content (AvgIpc) is 1.63. The summed E-state index contributed by atoms with van der Waals surface area (Å²) in [6, 6.07) is -0.285. The van der Waals surface area contributed by atoms with Crippen LogP contribution in [-0.2, 0) is 21.9 Å². The van der Waals surface area contributed by atoms with Gasteiger partial charge in [-0.3, -0.25) is 4.79 Å². The molecule has 0 radical (unpaired) electrons. The summed E-state index contributed by atoms with van der Waals surface area (Å²) in [6.07, 6.45) is 0.587. The third kappa shape index (κ3) is 13.0. The molecule has 0 heterocycles. The van der Waals surface area contributed by atoms with E-state index in [4.69, 9.17) is 16.6 Å². The van der Waals surface area contributed by atoms with Crippen molar-refractivity contribution >= 4 is 5.97 Å². The van der Waals surface area contributed by atoms with Crippen molar-refractivity contribution in [2.45, 2.75) is 18.9 Å². The number of rotatable bonds is 4. The molecule has 8 N–H and O–H groups in total. The molecule has 5 nitrogen and oxygen atoms in total. The van der Waals surface area contributed by atoms with Crippen LogP contribution < -0.4 is 17.6 Å². The molecule has 0 rings (SSSR count). The van der Waals surface area contributed by atoms with Crippen molar-refractivity contribution in [1.29, 1.82) is 0 Å². The van der Waals surface area contributed by atoms with Gasteiger partial charge in [0, 0.05) is 23.1 Å². The van der Waals surface area contributed by atoms with Gasteiger partial charge in [0.1, 0.15) is 0 Å². The van der Waals surface area contributed by atoms with E-state index in [-0.39, 0.29) is 35.7 Å². The summed E-state index contributed by atoms with van der Waals surface area (Å²) in [5.74, 6) is -0.865. The first-order chi connectivity index (χ1) is 4.16. The van der Waals surface area contributed by atoms with E-state index in [9.17, 15) is 4.79 Å². The van der Waals surface area contributed by atoms with Gasteiger partial charge < -0.3 is 22.7 Å². The molecule has 0 aromatic rings. The van der Waals surface area contributed by atoms with Crippen LogP contribution in [0.4, 0.5) is 0 Å². The maximum Gasteiger partial charge on any atom is 0.304 e. The van der Waals surface area contributed by atoms with Crippen LogP contribution in [-0.4, -0.2) is 23.7 Å². The minimum atomic E-state index is -0.865. The largest absolute Gasteiger partial charge is 0.481 e. The van der Waals surface area contributed by atoms with Crippen LogP contribution in [0, 0.1) is 0 Å². The quantitative estimate of drug-likeness (QED) is 0.451. The number of carboxylic acids is 1. The van der Waals surface area contributed by atoms with Crippen LogP contribution in [0.25, 0.3) is 0 Å². The molecule has 0 aliphatic carbocycles. The molecule has 0 aromatic carbocycles. The van der Waals surface area contributed by atoms with Crippen molar-refractivity contribution in [3.63, 3.8) is 0 Å². The topological polar surface area (TPSA) is 124 Å². The Hall–Kier alpha value is -0.131. The second-order valence-electron chi connectivity index (χ2n) is 1.94. The predicted molar refractivity (Wildman–Crippen MR) is 38.9 cm³/mol. The molecule has 0 fully saturated rings. The van der Waals surface area contributed by atoms with Crippen molar-refractivity contribution in [3.8, 4) is 0 Å². The summed E-state index contributed by atoms with van der Waals surface area (Å²) < 4.78 is 0. The fourth-order valence-corrected chi connectivity index (χ4v) is 0.540. The normalized spacial score (nSPS) is 10.7. The average molecular weight is 205 g/mol. The fourth-order valence-electron chi connectivity index (χ4n) is 0.540. The van der Waals surface area contributed by atoms with E-state index < -0.39 is 5.97 Å². The summed E-state index contributed by atoms with van der Waals surface area (Å²) >= 11 is 0. The van der Waals surface area contributed by atoms with Crippen molar-refractivity contribution in [3.05, 3.63) is 0 Å². The molecular formula is C5H15FeN3O2. The Labute approximate surface area is 76.6 Å². The zero-order valence-corrected chi connectivity index (χ0v) is 7.37. The first kappa shape index (κ1) is 17.1. The zero-order chi connectivity index (χ0) is 7.28. The van der Waals surface area contributed by atoms with Gasteiger partial charge in [-0.2, -0.15) is 0 Å². The maximum absolute atomic E-state index is 9.96. The molecule has 0 aliphatic heterocycles. The first-order valence-electron chi connectivity index (χ1n) is 2.84. The Morgan fingerprint density at radius 2 is 2.00 bits per heavy atom. The summed E-state index contributed by atoms with van der Waals surface area (Å²) in [4.78, 5) is 9.96. The molecule has 1 unspecified atom stereocenters. The molecule has 0 saturated carbocycles. The monoisotopic (exact) mass is 205 g/mol. The molecule has 0 bridgehead atoms. The molecule has 11 heavy (non-hydrogen) atoms. The van der Waals surface area contributed by atoms with Crippen LogP contribution in [0.15, 0.2) is 0 Å². The van der Waals surface area contributed by atoms with Gasteiger partial charge in [-0.05, 0) is 13.0 Å². The van der Waals surface area contributed by atoms with Crippen LogP contribution in [0.2, 0.25) is 0 Å². The second-order valence-corrected chi connectivity index (χ2v) is 1.94. The minimum absolute atomic E-state index is 0. The number of hydrogen-bond donors (Lipinski definition) is 4. The molecule has 70 valence electrons. The van der Waals surface area contributed by atoms with Gasteiger partial charge in [-0.25, -0.2) is 0 Å². The molecule has 0 aliphatic rings. The van der Waals surface area contributed by atoms with Crippen LogP contribution >= 0.6 is 0 Å². The summed E-state index contributed by atoms with van der Waals surface area (Å²) in [7, 11) is 0.